The first-order valence-electron chi connectivity index (χ1n) is 9.02. The van der Waals surface area contributed by atoms with Gasteiger partial charge in [-0.15, -0.1) is 0 Å². The van der Waals surface area contributed by atoms with E-state index < -0.39 is 0 Å². The van der Waals surface area contributed by atoms with Gasteiger partial charge < -0.3 is 4.90 Å². The molecule has 0 spiro atoms. The van der Waals surface area contributed by atoms with Crippen LogP contribution in [0.1, 0.15) is 23.2 Å². The van der Waals surface area contributed by atoms with Gasteiger partial charge in [0.05, 0.1) is 5.52 Å². The lowest BCUT2D eigenvalue weighted by Gasteiger charge is -2.33. The van der Waals surface area contributed by atoms with Crippen LogP contribution in [0.25, 0.3) is 10.9 Å². The van der Waals surface area contributed by atoms with Crippen molar-refractivity contribution in [3.63, 3.8) is 0 Å². The number of anilines is 1. The predicted molar refractivity (Wildman–Crippen MR) is 106 cm³/mol. The van der Waals surface area contributed by atoms with Crippen LogP contribution in [-0.2, 0) is 0 Å². The zero-order chi connectivity index (χ0) is 18.1. The Labute approximate surface area is 153 Å². The molecule has 0 amide bonds. The van der Waals surface area contributed by atoms with Crippen LogP contribution in [0.5, 0.6) is 0 Å². The molecule has 0 radical (unpaired) electrons. The van der Waals surface area contributed by atoms with Crippen molar-refractivity contribution in [1.82, 2.24) is 4.98 Å². The Morgan fingerprint density at radius 3 is 2.54 bits per heavy atom. The fourth-order valence-electron chi connectivity index (χ4n) is 3.75. The summed E-state index contributed by atoms with van der Waals surface area (Å²) in [7, 11) is 2.09. The summed E-state index contributed by atoms with van der Waals surface area (Å²) in [5.74, 6) is -0.178. The van der Waals surface area contributed by atoms with Crippen LogP contribution in [0.2, 0.25) is 0 Å². The largest absolute Gasteiger partial charge is 0.371 e. The number of rotatable bonds is 3. The van der Waals surface area contributed by atoms with E-state index >= 15 is 0 Å². The molecule has 1 aromatic heterocycles. The first-order valence-corrected chi connectivity index (χ1v) is 9.02. The van der Waals surface area contributed by atoms with Gasteiger partial charge in [0.25, 0.3) is 0 Å². The predicted octanol–water partition coefficient (Wildman–Crippen LogP) is 2.73. The molecule has 0 saturated carbocycles. The van der Waals surface area contributed by atoms with E-state index in [2.05, 4.69) is 42.0 Å². The number of nitrogens with zero attached hydrogens (tertiary/aromatic N) is 2. The molecule has 1 saturated heterocycles. The molecule has 0 atom stereocenters. The SMILES string of the molecule is Bc1ccc2nccc(N3CCC(C(=O)c4ccc(F)cc4)CC3)c2c1. The number of hydrogen-bond donors (Lipinski definition) is 0. The van der Waals surface area contributed by atoms with Crippen molar-refractivity contribution in [2.75, 3.05) is 18.0 Å². The summed E-state index contributed by atoms with van der Waals surface area (Å²) >= 11 is 0. The van der Waals surface area contributed by atoms with Gasteiger partial charge in [0, 0.05) is 41.8 Å². The van der Waals surface area contributed by atoms with Gasteiger partial charge in [0.15, 0.2) is 5.78 Å². The summed E-state index contributed by atoms with van der Waals surface area (Å²) < 4.78 is 13.1. The Morgan fingerprint density at radius 2 is 1.81 bits per heavy atom. The molecule has 1 aliphatic rings. The van der Waals surface area contributed by atoms with Crippen LogP contribution >= 0.6 is 0 Å². The van der Waals surface area contributed by atoms with Gasteiger partial charge in [0.2, 0.25) is 0 Å². The van der Waals surface area contributed by atoms with Crippen LogP contribution in [0, 0.1) is 11.7 Å². The number of Topliss-reactive ketones (excluding diaryl/α,β-unsaturated/α-hetero) is 1. The maximum absolute atomic E-state index is 13.1. The summed E-state index contributed by atoms with van der Waals surface area (Å²) in [6, 6.07) is 14.2. The molecule has 4 rings (SSSR count). The van der Waals surface area contributed by atoms with E-state index in [0.717, 1.165) is 36.8 Å². The molecule has 5 heteroatoms. The number of pyridine rings is 1. The first-order chi connectivity index (χ1) is 12.6. The minimum atomic E-state index is -0.309. The van der Waals surface area contributed by atoms with Crippen molar-refractivity contribution in [1.29, 1.82) is 0 Å². The summed E-state index contributed by atoms with van der Waals surface area (Å²) in [4.78, 5) is 19.5. The molecule has 3 aromatic rings. The standard InChI is InChI=1S/C21H20BFN2O/c22-16-3-6-19-18(13-16)20(7-10-24-19)25-11-8-15(9-12-25)21(26)14-1-4-17(23)5-2-14/h1-7,10,13,15H,8-9,11-12,22H2. The zero-order valence-corrected chi connectivity index (χ0v) is 14.8. The highest BCUT2D eigenvalue weighted by Gasteiger charge is 2.26. The molecular weight excluding hydrogens is 326 g/mol. The third kappa shape index (κ3) is 3.21. The molecule has 0 N–H and O–H groups in total. The van der Waals surface area contributed by atoms with Crippen molar-refractivity contribution in [2.24, 2.45) is 5.92 Å². The van der Waals surface area contributed by atoms with Crippen LogP contribution in [0.4, 0.5) is 10.1 Å². The lowest BCUT2D eigenvalue weighted by Crippen LogP contribution is -2.36. The first kappa shape index (κ1) is 16.8. The Morgan fingerprint density at radius 1 is 1.08 bits per heavy atom. The number of fused-ring (bicyclic) bond motifs is 1. The van der Waals surface area contributed by atoms with E-state index in [9.17, 15) is 9.18 Å². The van der Waals surface area contributed by atoms with Crippen molar-refractivity contribution in [2.45, 2.75) is 12.8 Å². The molecule has 2 aromatic carbocycles. The molecule has 2 heterocycles. The molecule has 1 aliphatic heterocycles. The number of ketones is 1. The maximum Gasteiger partial charge on any atom is 0.166 e. The Kier molecular flexibility index (Phi) is 4.45. The number of carbonyl (C=O) groups excluding carboxylic acids is 1. The topological polar surface area (TPSA) is 33.2 Å². The van der Waals surface area contributed by atoms with Gasteiger partial charge in [-0.25, -0.2) is 4.39 Å². The molecular formula is C21H20BFN2O. The highest BCUT2D eigenvalue weighted by atomic mass is 19.1. The zero-order valence-electron chi connectivity index (χ0n) is 14.8. The molecule has 0 unspecified atom stereocenters. The second-order valence-corrected chi connectivity index (χ2v) is 6.98. The lowest BCUT2D eigenvalue weighted by molar-refractivity contribution is 0.0900. The molecule has 1 fully saturated rings. The van der Waals surface area contributed by atoms with Crippen molar-refractivity contribution in [3.8, 4) is 0 Å². The fraction of sp³-hybridized carbons (Fsp3) is 0.238. The molecule has 0 aliphatic carbocycles. The highest BCUT2D eigenvalue weighted by molar-refractivity contribution is 6.33. The average Bonchev–Trinajstić information content (AvgIpc) is 2.68. The maximum atomic E-state index is 13.1. The van der Waals surface area contributed by atoms with Crippen LogP contribution in [-0.4, -0.2) is 31.7 Å². The molecule has 130 valence electrons. The van der Waals surface area contributed by atoms with Gasteiger partial charge in [0.1, 0.15) is 13.7 Å². The smallest absolute Gasteiger partial charge is 0.166 e. The monoisotopic (exact) mass is 346 g/mol. The van der Waals surface area contributed by atoms with Gasteiger partial charge >= 0.3 is 0 Å². The van der Waals surface area contributed by atoms with Crippen LogP contribution in [0.15, 0.2) is 54.7 Å². The van der Waals surface area contributed by atoms with Crippen LogP contribution < -0.4 is 10.4 Å². The Hall–Kier alpha value is -2.69. The van der Waals surface area contributed by atoms with Gasteiger partial charge in [-0.2, -0.15) is 0 Å². The molecule has 26 heavy (non-hydrogen) atoms. The summed E-state index contributed by atoms with van der Waals surface area (Å²) in [6.45, 7) is 1.68. The normalized spacial score (nSPS) is 15.3. The minimum Gasteiger partial charge on any atom is -0.371 e. The third-order valence-electron chi connectivity index (χ3n) is 5.21. The van der Waals surface area contributed by atoms with Crippen molar-refractivity contribution >= 4 is 35.7 Å². The summed E-state index contributed by atoms with van der Waals surface area (Å²) in [6.07, 6.45) is 3.47. The van der Waals surface area contributed by atoms with E-state index in [4.69, 9.17) is 0 Å². The summed E-state index contributed by atoms with van der Waals surface area (Å²) in [5.41, 5.74) is 4.01. The van der Waals surface area contributed by atoms with Gasteiger partial charge in [-0.3, -0.25) is 9.78 Å². The van der Waals surface area contributed by atoms with Crippen molar-refractivity contribution < 1.29 is 9.18 Å². The van der Waals surface area contributed by atoms with E-state index in [1.165, 1.54) is 23.3 Å². The number of piperidine rings is 1. The minimum absolute atomic E-state index is 0.00606. The number of carbonyl (C=O) groups is 1. The van der Waals surface area contributed by atoms with Crippen molar-refractivity contribution in [3.05, 3.63) is 66.1 Å². The Bertz CT molecular complexity index is 950. The van der Waals surface area contributed by atoms with Gasteiger partial charge in [-0.1, -0.05) is 17.6 Å². The quantitative estimate of drug-likeness (QED) is 0.540. The Balaban J connectivity index is 1.51. The van der Waals surface area contributed by atoms with E-state index in [0.29, 0.717) is 5.56 Å². The second-order valence-electron chi connectivity index (χ2n) is 6.98. The lowest BCUT2D eigenvalue weighted by atomic mass is 9.88. The third-order valence-corrected chi connectivity index (χ3v) is 5.21. The number of hydrogen-bond acceptors (Lipinski definition) is 3. The van der Waals surface area contributed by atoms with E-state index in [1.54, 1.807) is 12.1 Å². The average molecular weight is 346 g/mol. The van der Waals surface area contributed by atoms with E-state index in [-0.39, 0.29) is 17.5 Å². The highest BCUT2D eigenvalue weighted by Crippen LogP contribution is 2.30. The fourth-order valence-corrected chi connectivity index (χ4v) is 3.75. The summed E-state index contributed by atoms with van der Waals surface area (Å²) in [5, 5.41) is 1.16. The number of halogens is 1. The van der Waals surface area contributed by atoms with Gasteiger partial charge in [-0.05, 0) is 49.2 Å². The van der Waals surface area contributed by atoms with E-state index in [1.807, 2.05) is 6.20 Å². The molecule has 0 bridgehead atoms. The van der Waals surface area contributed by atoms with Crippen LogP contribution in [0.3, 0.4) is 0 Å². The molecule has 3 nitrogen and oxygen atoms in total. The number of aromatic nitrogens is 1. The second kappa shape index (κ2) is 6.91. The number of benzene rings is 2.